The number of rotatable bonds is 6. The van der Waals surface area contributed by atoms with Gasteiger partial charge in [-0.05, 0) is 60.7 Å². The summed E-state index contributed by atoms with van der Waals surface area (Å²) in [6, 6.07) is 0. The Bertz CT molecular complexity index is 286. The van der Waals surface area contributed by atoms with Gasteiger partial charge in [0.2, 0.25) is 0 Å². The van der Waals surface area contributed by atoms with Crippen LogP contribution in [0, 0.1) is 41.4 Å². The first kappa shape index (κ1) is 19.0. The summed E-state index contributed by atoms with van der Waals surface area (Å²) in [5.41, 5.74) is 0. The molecular weight excluding hydrogens is 256 g/mol. The third kappa shape index (κ3) is 4.98. The van der Waals surface area contributed by atoms with Gasteiger partial charge in [0.15, 0.2) is 0 Å². The number of aliphatic hydroxyl groups excluding tert-OH is 1. The minimum atomic E-state index is -0.0738. The van der Waals surface area contributed by atoms with Crippen LogP contribution in [0.4, 0.5) is 0 Å². The molecule has 0 aromatic heterocycles. The van der Waals surface area contributed by atoms with Gasteiger partial charge in [0.05, 0.1) is 6.10 Å². The summed E-state index contributed by atoms with van der Waals surface area (Å²) in [7, 11) is 0. The van der Waals surface area contributed by atoms with E-state index in [4.69, 9.17) is 0 Å². The Morgan fingerprint density at radius 2 is 1.67 bits per heavy atom. The van der Waals surface area contributed by atoms with E-state index < -0.39 is 0 Å². The molecule has 0 radical (unpaired) electrons. The zero-order chi connectivity index (χ0) is 16.2. The molecule has 1 rings (SSSR count). The second kappa shape index (κ2) is 8.56. The van der Waals surface area contributed by atoms with Gasteiger partial charge in [0, 0.05) is 0 Å². The molecule has 1 N–H and O–H groups in total. The maximum absolute atomic E-state index is 10.6. The van der Waals surface area contributed by atoms with Crippen molar-refractivity contribution in [2.45, 2.75) is 86.7 Å². The molecule has 0 saturated heterocycles. The molecule has 1 nitrogen and oxygen atoms in total. The topological polar surface area (TPSA) is 20.2 Å². The largest absolute Gasteiger partial charge is 0.393 e. The van der Waals surface area contributed by atoms with Crippen LogP contribution in [0.5, 0.6) is 0 Å². The molecule has 1 aliphatic carbocycles. The second-order valence-electron chi connectivity index (χ2n) is 8.44. The standard InChI is InChI=1S/C20H40O/c1-8-14(4)16(6)20-15(5)10-12-19(21)18(17(20)7)11-9-13(2)3/h13-21H,8-12H2,1-7H3. The molecule has 1 heteroatoms. The molecule has 0 aromatic rings. The average Bonchev–Trinajstić information content (AvgIpc) is 2.53. The average molecular weight is 297 g/mol. The monoisotopic (exact) mass is 296 g/mol. The SMILES string of the molecule is CCC(C)C(C)C1C(C)CCC(O)C(CCC(C)C)C1C. The molecule has 0 aromatic carbocycles. The lowest BCUT2D eigenvalue weighted by Crippen LogP contribution is -2.35. The summed E-state index contributed by atoms with van der Waals surface area (Å²) in [5, 5.41) is 10.6. The minimum Gasteiger partial charge on any atom is -0.393 e. The Morgan fingerprint density at radius 1 is 1.05 bits per heavy atom. The van der Waals surface area contributed by atoms with E-state index in [1.54, 1.807) is 0 Å². The van der Waals surface area contributed by atoms with Gasteiger partial charge in [0.25, 0.3) is 0 Å². The number of hydrogen-bond donors (Lipinski definition) is 1. The summed E-state index contributed by atoms with van der Waals surface area (Å²) in [6.07, 6.45) is 5.88. The molecule has 0 heterocycles. The highest BCUT2D eigenvalue weighted by molar-refractivity contribution is 4.89. The van der Waals surface area contributed by atoms with E-state index in [1.165, 1.54) is 25.7 Å². The van der Waals surface area contributed by atoms with Gasteiger partial charge in [-0.25, -0.2) is 0 Å². The van der Waals surface area contributed by atoms with E-state index >= 15 is 0 Å². The first-order chi connectivity index (χ1) is 9.79. The maximum Gasteiger partial charge on any atom is 0.0571 e. The van der Waals surface area contributed by atoms with Crippen LogP contribution < -0.4 is 0 Å². The summed E-state index contributed by atoms with van der Waals surface area (Å²) in [6.45, 7) is 16.7. The molecule has 1 aliphatic rings. The summed E-state index contributed by atoms with van der Waals surface area (Å²) in [5.74, 6) is 4.99. The molecule has 7 atom stereocenters. The van der Waals surface area contributed by atoms with E-state index in [0.29, 0.717) is 11.8 Å². The maximum atomic E-state index is 10.6. The van der Waals surface area contributed by atoms with Crippen molar-refractivity contribution in [2.75, 3.05) is 0 Å². The smallest absolute Gasteiger partial charge is 0.0571 e. The lowest BCUT2D eigenvalue weighted by molar-refractivity contribution is 0.0374. The Morgan fingerprint density at radius 3 is 2.19 bits per heavy atom. The lowest BCUT2D eigenvalue weighted by Gasteiger charge is -2.39. The van der Waals surface area contributed by atoms with Gasteiger partial charge in [-0.3, -0.25) is 0 Å². The van der Waals surface area contributed by atoms with Crippen molar-refractivity contribution in [3.8, 4) is 0 Å². The normalized spacial score (nSPS) is 37.3. The van der Waals surface area contributed by atoms with Crippen molar-refractivity contribution in [1.29, 1.82) is 0 Å². The number of hydrogen-bond acceptors (Lipinski definition) is 1. The van der Waals surface area contributed by atoms with Crippen LogP contribution in [0.25, 0.3) is 0 Å². The van der Waals surface area contributed by atoms with Crippen molar-refractivity contribution >= 4 is 0 Å². The van der Waals surface area contributed by atoms with E-state index in [2.05, 4.69) is 48.5 Å². The van der Waals surface area contributed by atoms with Crippen LogP contribution in [0.3, 0.4) is 0 Å². The molecule has 1 saturated carbocycles. The van der Waals surface area contributed by atoms with E-state index in [0.717, 1.165) is 36.0 Å². The van der Waals surface area contributed by atoms with Gasteiger partial charge in [-0.1, -0.05) is 61.3 Å². The zero-order valence-corrected chi connectivity index (χ0v) is 15.6. The van der Waals surface area contributed by atoms with Crippen LogP contribution in [-0.2, 0) is 0 Å². The fourth-order valence-corrected chi connectivity index (χ4v) is 4.72. The molecule has 0 bridgehead atoms. The van der Waals surface area contributed by atoms with Crippen LogP contribution in [0.15, 0.2) is 0 Å². The fourth-order valence-electron chi connectivity index (χ4n) is 4.72. The third-order valence-corrected chi connectivity index (χ3v) is 6.58. The van der Waals surface area contributed by atoms with Gasteiger partial charge in [0.1, 0.15) is 0 Å². The van der Waals surface area contributed by atoms with E-state index in [-0.39, 0.29) is 6.10 Å². The summed E-state index contributed by atoms with van der Waals surface area (Å²) in [4.78, 5) is 0. The van der Waals surface area contributed by atoms with Crippen LogP contribution in [-0.4, -0.2) is 11.2 Å². The van der Waals surface area contributed by atoms with Crippen molar-refractivity contribution in [3.63, 3.8) is 0 Å². The van der Waals surface area contributed by atoms with Crippen LogP contribution in [0.1, 0.15) is 80.6 Å². The third-order valence-electron chi connectivity index (χ3n) is 6.58. The van der Waals surface area contributed by atoms with Crippen molar-refractivity contribution in [2.24, 2.45) is 41.4 Å². The Kier molecular flexibility index (Phi) is 7.74. The highest BCUT2D eigenvalue weighted by atomic mass is 16.3. The molecule has 0 aliphatic heterocycles. The van der Waals surface area contributed by atoms with Crippen molar-refractivity contribution in [1.82, 2.24) is 0 Å². The predicted octanol–water partition coefficient (Wildman–Crippen LogP) is 5.76. The summed E-state index contributed by atoms with van der Waals surface area (Å²) < 4.78 is 0. The molecule has 21 heavy (non-hydrogen) atoms. The molecule has 126 valence electrons. The van der Waals surface area contributed by atoms with E-state index in [9.17, 15) is 5.11 Å². The van der Waals surface area contributed by atoms with Crippen LogP contribution in [0.2, 0.25) is 0 Å². The highest BCUT2D eigenvalue weighted by Gasteiger charge is 2.40. The van der Waals surface area contributed by atoms with E-state index in [1.807, 2.05) is 0 Å². The van der Waals surface area contributed by atoms with Gasteiger partial charge in [-0.15, -0.1) is 0 Å². The van der Waals surface area contributed by atoms with Gasteiger partial charge in [-0.2, -0.15) is 0 Å². The first-order valence-electron chi connectivity index (χ1n) is 9.47. The predicted molar refractivity (Wildman–Crippen MR) is 93.2 cm³/mol. The Hall–Kier alpha value is -0.0400. The van der Waals surface area contributed by atoms with Crippen molar-refractivity contribution in [3.05, 3.63) is 0 Å². The van der Waals surface area contributed by atoms with Crippen molar-refractivity contribution < 1.29 is 5.11 Å². The fraction of sp³-hybridized carbons (Fsp3) is 1.00. The lowest BCUT2D eigenvalue weighted by atomic mass is 9.66. The summed E-state index contributed by atoms with van der Waals surface area (Å²) >= 11 is 0. The van der Waals surface area contributed by atoms with Gasteiger partial charge < -0.3 is 5.11 Å². The second-order valence-corrected chi connectivity index (χ2v) is 8.44. The van der Waals surface area contributed by atoms with Gasteiger partial charge >= 0.3 is 0 Å². The minimum absolute atomic E-state index is 0.0738. The highest BCUT2D eigenvalue weighted by Crippen LogP contribution is 2.45. The zero-order valence-electron chi connectivity index (χ0n) is 15.6. The quantitative estimate of drug-likeness (QED) is 0.617. The molecule has 0 spiro atoms. The Labute approximate surface area is 133 Å². The van der Waals surface area contributed by atoms with Crippen LogP contribution >= 0.6 is 0 Å². The first-order valence-corrected chi connectivity index (χ1v) is 9.47. The molecule has 7 unspecified atom stereocenters. The number of aliphatic hydroxyl groups is 1. The molecule has 1 fully saturated rings. The Balaban J connectivity index is 2.89. The molecule has 0 amide bonds. The molecular formula is C20H40O.